The Bertz CT molecular complexity index is 1080. The Morgan fingerprint density at radius 1 is 1.16 bits per heavy atom. The number of esters is 2. The highest BCUT2D eigenvalue weighted by atomic mass is 32.1. The summed E-state index contributed by atoms with van der Waals surface area (Å²) >= 11 is 1.37. The number of carbonyl (C=O) groups is 3. The van der Waals surface area contributed by atoms with Gasteiger partial charge in [-0.2, -0.15) is 5.26 Å². The smallest absolute Gasteiger partial charge is 0.341 e. The summed E-state index contributed by atoms with van der Waals surface area (Å²) in [5.41, 5.74) is 2.16. The second kappa shape index (κ2) is 10.0. The number of thiophene rings is 1. The number of benzene rings is 1. The number of nitrogens with one attached hydrogen (secondary N) is 1. The van der Waals surface area contributed by atoms with Gasteiger partial charge in [-0.25, -0.2) is 9.59 Å². The third kappa shape index (κ3) is 5.01. The van der Waals surface area contributed by atoms with Gasteiger partial charge in [-0.3, -0.25) is 4.79 Å². The van der Waals surface area contributed by atoms with E-state index in [1.54, 1.807) is 31.2 Å². The van der Waals surface area contributed by atoms with Crippen molar-refractivity contribution in [3.8, 4) is 6.07 Å². The lowest BCUT2D eigenvalue weighted by Gasteiger charge is -2.12. The minimum absolute atomic E-state index is 0.119. The number of hydrogen-bond acceptors (Lipinski definition) is 7. The Labute approximate surface area is 184 Å². The van der Waals surface area contributed by atoms with Crippen molar-refractivity contribution in [2.45, 2.75) is 32.6 Å². The molecule has 2 aromatic rings. The average Bonchev–Trinajstić information content (AvgIpc) is 3.15. The normalized spacial score (nSPS) is 13.0. The number of carbonyl (C=O) groups excluding carboxylic acids is 3. The van der Waals surface area contributed by atoms with Gasteiger partial charge in [0.25, 0.3) is 5.91 Å². The first-order chi connectivity index (χ1) is 15.0. The SMILES string of the molecule is CCOC(=O)c1c(NC(=O)/C(C#N)=C/c2ccc(C(=O)OC)cc2)sc2c1CCCC2. The lowest BCUT2D eigenvalue weighted by atomic mass is 9.95. The summed E-state index contributed by atoms with van der Waals surface area (Å²) in [4.78, 5) is 37.9. The molecule has 31 heavy (non-hydrogen) atoms. The summed E-state index contributed by atoms with van der Waals surface area (Å²) < 4.78 is 9.85. The quantitative estimate of drug-likeness (QED) is 0.413. The van der Waals surface area contributed by atoms with Crippen LogP contribution in [0.5, 0.6) is 0 Å². The van der Waals surface area contributed by atoms with E-state index in [4.69, 9.17) is 4.74 Å². The lowest BCUT2D eigenvalue weighted by Crippen LogP contribution is -2.16. The summed E-state index contributed by atoms with van der Waals surface area (Å²) in [7, 11) is 1.29. The van der Waals surface area contributed by atoms with Gasteiger partial charge in [0.05, 0.1) is 24.8 Å². The average molecular weight is 439 g/mol. The summed E-state index contributed by atoms with van der Waals surface area (Å²) in [5, 5.41) is 12.6. The molecule has 7 nitrogen and oxygen atoms in total. The van der Waals surface area contributed by atoms with Crippen LogP contribution < -0.4 is 5.32 Å². The fraction of sp³-hybridized carbons (Fsp3) is 0.304. The van der Waals surface area contributed by atoms with Crippen LogP contribution in [0.25, 0.3) is 6.08 Å². The van der Waals surface area contributed by atoms with Gasteiger partial charge < -0.3 is 14.8 Å². The van der Waals surface area contributed by atoms with Crippen molar-refractivity contribution >= 4 is 40.3 Å². The van der Waals surface area contributed by atoms with E-state index in [-0.39, 0.29) is 12.2 Å². The van der Waals surface area contributed by atoms with Crippen molar-refractivity contribution in [2.24, 2.45) is 0 Å². The number of rotatable bonds is 6. The summed E-state index contributed by atoms with van der Waals surface area (Å²) in [5.74, 6) is -1.54. The number of nitrogens with zero attached hydrogens (tertiary/aromatic N) is 1. The van der Waals surface area contributed by atoms with Gasteiger partial charge in [0.1, 0.15) is 16.6 Å². The first-order valence-corrected chi connectivity index (χ1v) is 10.7. The Morgan fingerprint density at radius 2 is 1.87 bits per heavy atom. The predicted molar refractivity (Wildman–Crippen MR) is 117 cm³/mol. The molecule has 1 amide bonds. The van der Waals surface area contributed by atoms with E-state index >= 15 is 0 Å². The van der Waals surface area contributed by atoms with Crippen LogP contribution in [0.4, 0.5) is 5.00 Å². The molecular weight excluding hydrogens is 416 g/mol. The highest BCUT2D eigenvalue weighted by molar-refractivity contribution is 7.17. The van der Waals surface area contributed by atoms with E-state index in [0.29, 0.717) is 21.7 Å². The topological polar surface area (TPSA) is 105 Å². The fourth-order valence-electron chi connectivity index (χ4n) is 3.39. The Morgan fingerprint density at radius 3 is 2.52 bits per heavy atom. The minimum atomic E-state index is -0.608. The van der Waals surface area contributed by atoms with Crippen molar-refractivity contribution in [1.29, 1.82) is 5.26 Å². The molecule has 0 radical (unpaired) electrons. The molecule has 8 heteroatoms. The minimum Gasteiger partial charge on any atom is -0.465 e. The molecule has 0 saturated heterocycles. The molecule has 1 N–H and O–H groups in total. The molecule has 1 aliphatic rings. The van der Waals surface area contributed by atoms with Crippen molar-refractivity contribution in [2.75, 3.05) is 19.0 Å². The van der Waals surface area contributed by atoms with E-state index in [1.807, 2.05) is 6.07 Å². The Balaban J connectivity index is 1.86. The zero-order valence-corrected chi connectivity index (χ0v) is 18.1. The second-order valence-electron chi connectivity index (χ2n) is 6.87. The van der Waals surface area contributed by atoms with Crippen molar-refractivity contribution in [3.05, 3.63) is 57.0 Å². The molecule has 3 rings (SSSR count). The summed E-state index contributed by atoms with van der Waals surface area (Å²) in [6.45, 7) is 1.97. The molecule has 0 saturated carbocycles. The molecule has 0 aliphatic heterocycles. The third-order valence-electron chi connectivity index (χ3n) is 4.89. The number of ether oxygens (including phenoxy) is 2. The van der Waals surface area contributed by atoms with Crippen LogP contribution in [0.15, 0.2) is 29.8 Å². The maximum absolute atomic E-state index is 12.8. The number of methoxy groups -OCH3 is 1. The van der Waals surface area contributed by atoms with Crippen LogP contribution in [0.2, 0.25) is 0 Å². The number of hydrogen-bond donors (Lipinski definition) is 1. The van der Waals surface area contributed by atoms with Crippen LogP contribution in [-0.2, 0) is 27.1 Å². The molecule has 1 aromatic carbocycles. The van der Waals surface area contributed by atoms with Gasteiger partial charge in [-0.15, -0.1) is 11.3 Å². The third-order valence-corrected chi connectivity index (χ3v) is 6.09. The Kier molecular flexibility index (Phi) is 7.21. The molecule has 1 aromatic heterocycles. The molecule has 0 unspecified atom stereocenters. The van der Waals surface area contributed by atoms with Gasteiger partial charge in [-0.05, 0) is 61.9 Å². The first kappa shape index (κ1) is 22.2. The fourth-order valence-corrected chi connectivity index (χ4v) is 4.66. The largest absolute Gasteiger partial charge is 0.465 e. The molecule has 1 heterocycles. The van der Waals surface area contributed by atoms with E-state index < -0.39 is 17.8 Å². The zero-order valence-electron chi connectivity index (χ0n) is 17.3. The highest BCUT2D eigenvalue weighted by Gasteiger charge is 2.27. The number of aryl methyl sites for hydroxylation is 1. The van der Waals surface area contributed by atoms with Crippen molar-refractivity contribution < 1.29 is 23.9 Å². The maximum atomic E-state index is 12.8. The lowest BCUT2D eigenvalue weighted by molar-refractivity contribution is -0.112. The molecule has 160 valence electrons. The Hall–Kier alpha value is -3.44. The predicted octanol–water partition coefficient (Wildman–Crippen LogP) is 4.14. The van der Waals surface area contributed by atoms with Crippen LogP contribution >= 0.6 is 11.3 Å². The van der Waals surface area contributed by atoms with Crippen LogP contribution in [0.3, 0.4) is 0 Å². The van der Waals surface area contributed by atoms with E-state index in [2.05, 4.69) is 10.1 Å². The molecule has 0 atom stereocenters. The maximum Gasteiger partial charge on any atom is 0.341 e. The zero-order chi connectivity index (χ0) is 22.4. The van der Waals surface area contributed by atoms with Gasteiger partial charge in [-0.1, -0.05) is 12.1 Å². The van der Waals surface area contributed by atoms with Crippen LogP contribution in [-0.4, -0.2) is 31.6 Å². The first-order valence-electron chi connectivity index (χ1n) is 9.91. The van der Waals surface area contributed by atoms with Crippen molar-refractivity contribution in [1.82, 2.24) is 0 Å². The standard InChI is InChI=1S/C23H22N2O5S/c1-3-30-23(28)19-17-6-4-5-7-18(17)31-21(19)25-20(26)16(13-24)12-14-8-10-15(11-9-14)22(27)29-2/h8-12H,3-7H2,1-2H3,(H,25,26)/b16-12+. The number of amides is 1. The number of nitriles is 1. The summed E-state index contributed by atoms with van der Waals surface area (Å²) in [6.07, 6.45) is 5.07. The van der Waals surface area contributed by atoms with Gasteiger partial charge in [0.15, 0.2) is 0 Å². The second-order valence-corrected chi connectivity index (χ2v) is 7.98. The molecule has 0 spiro atoms. The van der Waals surface area contributed by atoms with E-state index in [1.165, 1.54) is 24.5 Å². The van der Waals surface area contributed by atoms with Gasteiger partial charge >= 0.3 is 11.9 Å². The van der Waals surface area contributed by atoms with Crippen LogP contribution in [0, 0.1) is 11.3 Å². The molecule has 0 bridgehead atoms. The van der Waals surface area contributed by atoms with Crippen molar-refractivity contribution in [3.63, 3.8) is 0 Å². The van der Waals surface area contributed by atoms with Gasteiger partial charge in [0.2, 0.25) is 0 Å². The summed E-state index contributed by atoms with van der Waals surface area (Å²) in [6, 6.07) is 8.24. The van der Waals surface area contributed by atoms with Crippen LogP contribution in [0.1, 0.15) is 56.5 Å². The molecule has 0 fully saturated rings. The van der Waals surface area contributed by atoms with Gasteiger partial charge in [0, 0.05) is 4.88 Å². The number of anilines is 1. The monoisotopic (exact) mass is 438 g/mol. The highest BCUT2D eigenvalue weighted by Crippen LogP contribution is 2.38. The van der Waals surface area contributed by atoms with E-state index in [0.717, 1.165) is 36.1 Å². The molecular formula is C23H22N2O5S. The van der Waals surface area contributed by atoms with E-state index in [9.17, 15) is 19.6 Å². The number of fused-ring (bicyclic) bond motifs is 1. The molecule has 1 aliphatic carbocycles.